The van der Waals surface area contributed by atoms with E-state index in [9.17, 15) is 14.4 Å². The molecule has 0 radical (unpaired) electrons. The molecule has 0 aromatic carbocycles. The molecule has 0 fully saturated rings. The molecule has 92 valence electrons. The lowest BCUT2D eigenvalue weighted by Gasteiger charge is -2.07. The first kappa shape index (κ1) is 13.0. The summed E-state index contributed by atoms with van der Waals surface area (Å²) in [4.78, 5) is 33.9. The second-order valence-electron chi connectivity index (χ2n) is 3.34. The molecule has 0 spiro atoms. The van der Waals surface area contributed by atoms with E-state index in [1.165, 1.54) is 23.8 Å². The van der Waals surface area contributed by atoms with Crippen molar-refractivity contribution in [2.75, 3.05) is 11.9 Å². The third-order valence-corrected chi connectivity index (χ3v) is 1.94. The molecule has 1 rings (SSSR count). The first-order valence-electron chi connectivity index (χ1n) is 5.17. The van der Waals surface area contributed by atoms with Crippen LogP contribution in [-0.2, 0) is 20.9 Å². The highest BCUT2D eigenvalue weighted by atomic mass is 16.5. The number of pyridine rings is 1. The van der Waals surface area contributed by atoms with E-state index in [-0.39, 0.29) is 24.7 Å². The lowest BCUT2D eigenvalue weighted by molar-refractivity contribution is -0.143. The summed E-state index contributed by atoms with van der Waals surface area (Å²) in [6.45, 7) is 3.09. The second kappa shape index (κ2) is 5.83. The minimum atomic E-state index is -0.491. The molecule has 1 amide bonds. The summed E-state index contributed by atoms with van der Waals surface area (Å²) in [6.07, 6.45) is 1.46. The van der Waals surface area contributed by atoms with Gasteiger partial charge in [-0.1, -0.05) is 0 Å². The van der Waals surface area contributed by atoms with Gasteiger partial charge in [0.2, 0.25) is 5.91 Å². The van der Waals surface area contributed by atoms with E-state index in [1.807, 2.05) is 0 Å². The third kappa shape index (κ3) is 3.75. The summed E-state index contributed by atoms with van der Waals surface area (Å²) in [5.41, 5.74) is -0.292. The predicted molar refractivity (Wildman–Crippen MR) is 61.6 cm³/mol. The molecule has 1 N–H and O–H groups in total. The zero-order valence-electron chi connectivity index (χ0n) is 9.73. The zero-order chi connectivity index (χ0) is 12.8. The van der Waals surface area contributed by atoms with Crippen LogP contribution in [0.2, 0.25) is 0 Å². The number of ether oxygens (including phenoxy) is 1. The number of rotatable bonds is 4. The number of amides is 1. The van der Waals surface area contributed by atoms with Crippen molar-refractivity contribution < 1.29 is 14.3 Å². The fourth-order valence-corrected chi connectivity index (χ4v) is 1.29. The van der Waals surface area contributed by atoms with E-state index in [0.29, 0.717) is 0 Å². The summed E-state index contributed by atoms with van der Waals surface area (Å²) in [5, 5.41) is 2.39. The van der Waals surface area contributed by atoms with E-state index in [4.69, 9.17) is 4.74 Å². The van der Waals surface area contributed by atoms with Gasteiger partial charge in [-0.15, -0.1) is 0 Å². The quantitative estimate of drug-likeness (QED) is 0.769. The first-order valence-corrected chi connectivity index (χ1v) is 5.17. The van der Waals surface area contributed by atoms with Gasteiger partial charge in [0.25, 0.3) is 5.56 Å². The van der Waals surface area contributed by atoms with Crippen LogP contribution in [0.25, 0.3) is 0 Å². The Hall–Kier alpha value is -2.11. The van der Waals surface area contributed by atoms with E-state index in [1.54, 1.807) is 13.0 Å². The SMILES string of the molecule is CCOC(=O)Cn1cccc(NC(C)=O)c1=O. The fraction of sp³-hybridized carbons (Fsp3) is 0.364. The largest absolute Gasteiger partial charge is 0.465 e. The highest BCUT2D eigenvalue weighted by Gasteiger charge is 2.08. The molecule has 0 bridgehead atoms. The summed E-state index contributed by atoms with van der Waals surface area (Å²) in [6, 6.07) is 3.05. The van der Waals surface area contributed by atoms with Crippen LogP contribution >= 0.6 is 0 Å². The standard InChI is InChI=1S/C11H14N2O4/c1-3-17-10(15)7-13-6-4-5-9(11(13)16)12-8(2)14/h4-6H,3,7H2,1-2H3,(H,12,14). The van der Waals surface area contributed by atoms with Crippen LogP contribution in [0.3, 0.4) is 0 Å². The molecule has 17 heavy (non-hydrogen) atoms. The monoisotopic (exact) mass is 238 g/mol. The number of hydrogen-bond donors (Lipinski definition) is 1. The van der Waals surface area contributed by atoms with Crippen LogP contribution in [0, 0.1) is 0 Å². The van der Waals surface area contributed by atoms with Gasteiger partial charge in [-0.3, -0.25) is 14.4 Å². The second-order valence-corrected chi connectivity index (χ2v) is 3.34. The number of nitrogens with one attached hydrogen (secondary N) is 1. The lowest BCUT2D eigenvalue weighted by Crippen LogP contribution is -2.27. The van der Waals surface area contributed by atoms with Gasteiger partial charge in [-0.25, -0.2) is 0 Å². The zero-order valence-corrected chi connectivity index (χ0v) is 9.73. The Kier molecular flexibility index (Phi) is 4.45. The highest BCUT2D eigenvalue weighted by molar-refractivity contribution is 5.88. The minimum Gasteiger partial charge on any atom is -0.465 e. The normalized spacial score (nSPS) is 9.76. The number of esters is 1. The average Bonchev–Trinajstić information content (AvgIpc) is 2.23. The van der Waals surface area contributed by atoms with Gasteiger partial charge >= 0.3 is 5.97 Å². The van der Waals surface area contributed by atoms with Gasteiger partial charge in [-0.2, -0.15) is 0 Å². The maximum absolute atomic E-state index is 11.8. The minimum absolute atomic E-state index is 0.143. The topological polar surface area (TPSA) is 77.4 Å². The Morgan fingerprint density at radius 1 is 1.47 bits per heavy atom. The molecule has 6 nitrogen and oxygen atoms in total. The maximum atomic E-state index is 11.8. The molecule has 0 unspecified atom stereocenters. The molecule has 0 aliphatic heterocycles. The molecule has 0 aliphatic rings. The molecule has 0 saturated heterocycles. The molecular weight excluding hydrogens is 224 g/mol. The van der Waals surface area contributed by atoms with Crippen molar-refractivity contribution in [2.24, 2.45) is 0 Å². The van der Waals surface area contributed by atoms with Crippen LogP contribution in [0.4, 0.5) is 5.69 Å². The van der Waals surface area contributed by atoms with Crippen molar-refractivity contribution >= 4 is 17.6 Å². The Morgan fingerprint density at radius 2 is 2.18 bits per heavy atom. The number of carbonyl (C=O) groups is 2. The molecular formula is C11H14N2O4. The van der Waals surface area contributed by atoms with Gasteiger partial charge in [-0.05, 0) is 19.1 Å². The number of hydrogen-bond acceptors (Lipinski definition) is 4. The van der Waals surface area contributed by atoms with Crippen molar-refractivity contribution in [1.82, 2.24) is 4.57 Å². The van der Waals surface area contributed by atoms with Crippen LogP contribution in [0.15, 0.2) is 23.1 Å². The molecule has 1 aromatic rings. The predicted octanol–water partition coefficient (Wildman–Crippen LogP) is 0.370. The smallest absolute Gasteiger partial charge is 0.326 e. The molecule has 1 aromatic heterocycles. The molecule has 0 aliphatic carbocycles. The van der Waals surface area contributed by atoms with Crippen LogP contribution in [-0.4, -0.2) is 23.1 Å². The number of anilines is 1. The average molecular weight is 238 g/mol. The van der Waals surface area contributed by atoms with Crippen molar-refractivity contribution in [3.63, 3.8) is 0 Å². The number of carbonyl (C=O) groups excluding carboxylic acids is 2. The first-order chi connectivity index (χ1) is 8.04. The summed E-state index contributed by atoms with van der Waals surface area (Å²) in [5.74, 6) is -0.828. The van der Waals surface area contributed by atoms with Gasteiger partial charge < -0.3 is 14.6 Å². The van der Waals surface area contributed by atoms with Gasteiger partial charge in [0.05, 0.1) is 6.61 Å². The summed E-state index contributed by atoms with van der Waals surface area (Å²) >= 11 is 0. The molecule has 0 atom stereocenters. The van der Waals surface area contributed by atoms with E-state index >= 15 is 0 Å². The Labute approximate surface area is 98.2 Å². The van der Waals surface area contributed by atoms with Gasteiger partial charge in [0, 0.05) is 13.1 Å². The van der Waals surface area contributed by atoms with Crippen LogP contribution in [0.1, 0.15) is 13.8 Å². The Balaban J connectivity index is 2.90. The van der Waals surface area contributed by atoms with Crippen molar-refractivity contribution in [1.29, 1.82) is 0 Å². The summed E-state index contributed by atoms with van der Waals surface area (Å²) in [7, 11) is 0. The molecule has 1 heterocycles. The number of nitrogens with zero attached hydrogens (tertiary/aromatic N) is 1. The van der Waals surface area contributed by atoms with Crippen LogP contribution < -0.4 is 10.9 Å². The fourth-order valence-electron chi connectivity index (χ4n) is 1.29. The van der Waals surface area contributed by atoms with E-state index < -0.39 is 11.5 Å². The number of aromatic nitrogens is 1. The molecule has 0 saturated carbocycles. The van der Waals surface area contributed by atoms with Gasteiger partial charge in [0.1, 0.15) is 12.2 Å². The third-order valence-electron chi connectivity index (χ3n) is 1.94. The van der Waals surface area contributed by atoms with E-state index in [0.717, 1.165) is 0 Å². The van der Waals surface area contributed by atoms with Crippen molar-refractivity contribution in [3.05, 3.63) is 28.7 Å². The highest BCUT2D eigenvalue weighted by Crippen LogP contribution is 1.98. The maximum Gasteiger partial charge on any atom is 0.326 e. The van der Waals surface area contributed by atoms with E-state index in [2.05, 4.69) is 5.32 Å². The van der Waals surface area contributed by atoms with Crippen LogP contribution in [0.5, 0.6) is 0 Å². The Morgan fingerprint density at radius 3 is 2.76 bits per heavy atom. The van der Waals surface area contributed by atoms with Gasteiger partial charge in [0.15, 0.2) is 0 Å². The van der Waals surface area contributed by atoms with Crippen molar-refractivity contribution in [3.8, 4) is 0 Å². The Bertz CT molecular complexity index is 479. The van der Waals surface area contributed by atoms with Crippen molar-refractivity contribution in [2.45, 2.75) is 20.4 Å². The lowest BCUT2D eigenvalue weighted by atomic mass is 10.4. The summed E-state index contributed by atoms with van der Waals surface area (Å²) < 4.78 is 5.92. The molecule has 6 heteroatoms.